The van der Waals surface area contributed by atoms with Gasteiger partial charge >= 0.3 is 0 Å². The average molecular weight is 295 g/mol. The number of rotatable bonds is 4. The first kappa shape index (κ1) is 14.1. The number of aromatic nitrogens is 2. The maximum atomic E-state index is 5.40. The molecule has 0 aliphatic heterocycles. The van der Waals surface area contributed by atoms with Gasteiger partial charge in [-0.2, -0.15) is 0 Å². The van der Waals surface area contributed by atoms with Gasteiger partial charge in [0.25, 0.3) is 0 Å². The normalized spacial score (nSPS) is 10.5. The summed E-state index contributed by atoms with van der Waals surface area (Å²) in [5.41, 5.74) is 2.69. The van der Waals surface area contributed by atoms with Gasteiger partial charge in [0.2, 0.25) is 5.95 Å². The van der Waals surface area contributed by atoms with E-state index >= 15 is 0 Å². The van der Waals surface area contributed by atoms with Gasteiger partial charge in [-0.05, 0) is 6.07 Å². The molecule has 0 saturated carbocycles. The highest BCUT2D eigenvalue weighted by molar-refractivity contribution is 5.95. The summed E-state index contributed by atoms with van der Waals surface area (Å²) >= 11 is 0. The van der Waals surface area contributed by atoms with E-state index in [1.54, 1.807) is 21.3 Å². The number of fused-ring (bicyclic) bond motifs is 1. The fourth-order valence-corrected chi connectivity index (χ4v) is 2.38. The molecule has 0 bridgehead atoms. The Morgan fingerprint density at radius 1 is 0.909 bits per heavy atom. The van der Waals surface area contributed by atoms with Crippen LogP contribution in [0.15, 0.2) is 42.5 Å². The van der Waals surface area contributed by atoms with Crippen molar-refractivity contribution in [1.29, 1.82) is 0 Å². The number of benzene rings is 2. The van der Waals surface area contributed by atoms with Crippen LogP contribution in [0.2, 0.25) is 0 Å². The lowest BCUT2D eigenvalue weighted by molar-refractivity contribution is 0.356. The molecule has 5 heteroatoms. The molecule has 0 spiro atoms. The third-order valence-electron chi connectivity index (χ3n) is 3.47. The van der Waals surface area contributed by atoms with Gasteiger partial charge in [0.05, 0.1) is 25.4 Å². The van der Waals surface area contributed by atoms with Crippen molar-refractivity contribution >= 4 is 16.9 Å². The van der Waals surface area contributed by atoms with Crippen LogP contribution in [0.3, 0.4) is 0 Å². The number of nitrogens with zero attached hydrogens (tertiary/aromatic N) is 2. The number of anilines is 1. The molecule has 1 aromatic heterocycles. The summed E-state index contributed by atoms with van der Waals surface area (Å²) in [4.78, 5) is 9.11. The van der Waals surface area contributed by atoms with E-state index in [1.165, 1.54) is 0 Å². The number of hydrogen-bond acceptors (Lipinski definition) is 5. The highest BCUT2D eigenvalue weighted by Gasteiger charge is 2.13. The molecule has 5 nitrogen and oxygen atoms in total. The maximum absolute atomic E-state index is 5.40. The van der Waals surface area contributed by atoms with E-state index in [9.17, 15) is 0 Å². The van der Waals surface area contributed by atoms with Gasteiger partial charge in [0, 0.05) is 24.1 Å². The van der Waals surface area contributed by atoms with Crippen molar-refractivity contribution in [1.82, 2.24) is 9.97 Å². The predicted octanol–water partition coefficient (Wildman–Crippen LogP) is 3.36. The summed E-state index contributed by atoms with van der Waals surface area (Å²) < 4.78 is 10.8. The summed E-state index contributed by atoms with van der Waals surface area (Å²) in [6.07, 6.45) is 0. The van der Waals surface area contributed by atoms with Gasteiger partial charge in [0.15, 0.2) is 11.5 Å². The van der Waals surface area contributed by atoms with Crippen molar-refractivity contribution in [3.05, 3.63) is 42.5 Å². The molecule has 22 heavy (non-hydrogen) atoms. The van der Waals surface area contributed by atoms with E-state index in [2.05, 4.69) is 15.3 Å². The first-order valence-electron chi connectivity index (χ1n) is 6.93. The first-order valence-corrected chi connectivity index (χ1v) is 6.93. The molecule has 0 aliphatic carbocycles. The zero-order valence-corrected chi connectivity index (χ0v) is 12.8. The minimum atomic E-state index is 0.568. The first-order chi connectivity index (χ1) is 10.8. The van der Waals surface area contributed by atoms with Gasteiger partial charge in [-0.1, -0.05) is 30.3 Å². The van der Waals surface area contributed by atoms with Gasteiger partial charge in [-0.3, -0.25) is 0 Å². The number of nitrogens with one attached hydrogen (secondary N) is 1. The second kappa shape index (κ2) is 5.89. The smallest absolute Gasteiger partial charge is 0.223 e. The third kappa shape index (κ3) is 2.41. The molecule has 2 aromatic carbocycles. The van der Waals surface area contributed by atoms with Crippen LogP contribution < -0.4 is 14.8 Å². The Balaban J connectivity index is 2.34. The van der Waals surface area contributed by atoms with Crippen molar-refractivity contribution in [3.63, 3.8) is 0 Å². The van der Waals surface area contributed by atoms with Crippen LogP contribution >= 0.6 is 0 Å². The quantitative estimate of drug-likeness (QED) is 0.800. The molecule has 112 valence electrons. The van der Waals surface area contributed by atoms with Gasteiger partial charge < -0.3 is 14.8 Å². The molecule has 0 unspecified atom stereocenters. The van der Waals surface area contributed by atoms with Gasteiger partial charge in [0.1, 0.15) is 0 Å². The lowest BCUT2D eigenvalue weighted by atomic mass is 10.1. The lowest BCUT2D eigenvalue weighted by Crippen LogP contribution is -2.00. The summed E-state index contributed by atoms with van der Waals surface area (Å²) in [7, 11) is 5.04. The van der Waals surface area contributed by atoms with Crippen molar-refractivity contribution in [2.75, 3.05) is 26.6 Å². The van der Waals surface area contributed by atoms with E-state index in [0.29, 0.717) is 17.4 Å². The summed E-state index contributed by atoms with van der Waals surface area (Å²) in [5, 5.41) is 3.92. The predicted molar refractivity (Wildman–Crippen MR) is 87.6 cm³/mol. The Morgan fingerprint density at radius 3 is 2.23 bits per heavy atom. The second-order valence-corrected chi connectivity index (χ2v) is 4.74. The van der Waals surface area contributed by atoms with Crippen LogP contribution in [-0.4, -0.2) is 31.2 Å². The summed E-state index contributed by atoms with van der Waals surface area (Å²) in [6, 6.07) is 13.8. The SMILES string of the molecule is CNc1nc(-c2ccccc2)c2cc(OC)c(OC)cc2n1. The lowest BCUT2D eigenvalue weighted by Gasteiger charge is -2.12. The molecular weight excluding hydrogens is 278 g/mol. The molecule has 0 radical (unpaired) electrons. The molecule has 0 atom stereocenters. The average Bonchev–Trinajstić information content (AvgIpc) is 2.60. The Kier molecular flexibility index (Phi) is 3.78. The van der Waals surface area contributed by atoms with Crippen LogP contribution in [-0.2, 0) is 0 Å². The van der Waals surface area contributed by atoms with Crippen LogP contribution in [0.1, 0.15) is 0 Å². The van der Waals surface area contributed by atoms with E-state index in [0.717, 1.165) is 22.2 Å². The minimum Gasteiger partial charge on any atom is -0.493 e. The standard InChI is InChI=1S/C17H17N3O2/c1-18-17-19-13-10-15(22-3)14(21-2)9-12(13)16(20-17)11-7-5-4-6-8-11/h4-10H,1-3H3,(H,18,19,20). The molecule has 3 rings (SSSR count). The monoisotopic (exact) mass is 295 g/mol. The van der Waals surface area contributed by atoms with Crippen molar-refractivity contribution in [2.45, 2.75) is 0 Å². The van der Waals surface area contributed by atoms with E-state index < -0.39 is 0 Å². The number of methoxy groups -OCH3 is 2. The molecule has 0 saturated heterocycles. The largest absolute Gasteiger partial charge is 0.493 e. The zero-order chi connectivity index (χ0) is 15.5. The van der Waals surface area contributed by atoms with Crippen LogP contribution in [0.25, 0.3) is 22.2 Å². The van der Waals surface area contributed by atoms with Crippen LogP contribution in [0, 0.1) is 0 Å². The Bertz CT molecular complexity index is 804. The summed E-state index contributed by atoms with van der Waals surface area (Å²) in [5.74, 6) is 1.88. The molecule has 0 fully saturated rings. The van der Waals surface area contributed by atoms with E-state index in [-0.39, 0.29) is 0 Å². The van der Waals surface area contributed by atoms with Crippen molar-refractivity contribution < 1.29 is 9.47 Å². The highest BCUT2D eigenvalue weighted by atomic mass is 16.5. The minimum absolute atomic E-state index is 0.568. The van der Waals surface area contributed by atoms with Gasteiger partial charge in [-0.25, -0.2) is 9.97 Å². The molecule has 3 aromatic rings. The van der Waals surface area contributed by atoms with Crippen molar-refractivity contribution in [2.24, 2.45) is 0 Å². The fourth-order valence-electron chi connectivity index (χ4n) is 2.38. The Hall–Kier alpha value is -2.82. The highest BCUT2D eigenvalue weighted by Crippen LogP contribution is 2.35. The Labute approximate surface area is 128 Å². The second-order valence-electron chi connectivity index (χ2n) is 4.74. The molecule has 0 aliphatic rings. The maximum Gasteiger partial charge on any atom is 0.223 e. The number of ether oxygens (including phenoxy) is 2. The number of hydrogen-bond donors (Lipinski definition) is 1. The third-order valence-corrected chi connectivity index (χ3v) is 3.47. The fraction of sp³-hybridized carbons (Fsp3) is 0.176. The zero-order valence-electron chi connectivity index (χ0n) is 12.8. The molecule has 1 N–H and O–H groups in total. The topological polar surface area (TPSA) is 56.3 Å². The Morgan fingerprint density at radius 2 is 1.59 bits per heavy atom. The van der Waals surface area contributed by atoms with Gasteiger partial charge in [-0.15, -0.1) is 0 Å². The molecule has 0 amide bonds. The molecule has 1 heterocycles. The van der Waals surface area contributed by atoms with E-state index in [1.807, 2.05) is 42.5 Å². The molecular formula is C17H17N3O2. The van der Waals surface area contributed by atoms with Crippen molar-refractivity contribution in [3.8, 4) is 22.8 Å². The van der Waals surface area contributed by atoms with Crippen LogP contribution in [0.5, 0.6) is 11.5 Å². The van der Waals surface area contributed by atoms with Crippen LogP contribution in [0.4, 0.5) is 5.95 Å². The summed E-state index contributed by atoms with van der Waals surface area (Å²) in [6.45, 7) is 0. The van der Waals surface area contributed by atoms with E-state index in [4.69, 9.17) is 9.47 Å².